The number of likely N-dealkylation sites (tertiary alicyclic amines) is 2. The van der Waals surface area contributed by atoms with Crippen molar-refractivity contribution in [1.29, 1.82) is 0 Å². The van der Waals surface area contributed by atoms with Gasteiger partial charge in [-0.1, -0.05) is 5.16 Å². The summed E-state index contributed by atoms with van der Waals surface area (Å²) in [5.74, 6) is 1.35. The SMILES string of the molecule is Cc1cc(NC(=O)CN2CCCC(c3ccc(C(=O)N4CCCC4)cn3)C2)no1. The highest BCUT2D eigenvalue weighted by Gasteiger charge is 2.25. The van der Waals surface area contributed by atoms with Crippen molar-refractivity contribution >= 4 is 17.6 Å². The molecule has 2 aliphatic heterocycles. The first-order valence-electron chi connectivity index (χ1n) is 10.3. The molecule has 0 aromatic carbocycles. The van der Waals surface area contributed by atoms with Gasteiger partial charge >= 0.3 is 0 Å². The predicted molar refractivity (Wildman–Crippen MR) is 108 cm³/mol. The summed E-state index contributed by atoms with van der Waals surface area (Å²) in [4.78, 5) is 33.4. The summed E-state index contributed by atoms with van der Waals surface area (Å²) in [7, 11) is 0. The lowest BCUT2D eigenvalue weighted by molar-refractivity contribution is -0.117. The number of hydrogen-bond donors (Lipinski definition) is 1. The van der Waals surface area contributed by atoms with Crippen molar-refractivity contribution in [1.82, 2.24) is 19.9 Å². The van der Waals surface area contributed by atoms with E-state index in [1.165, 1.54) is 0 Å². The molecule has 8 heteroatoms. The molecular weight excluding hydrogens is 370 g/mol. The van der Waals surface area contributed by atoms with Gasteiger partial charge in [0.2, 0.25) is 5.91 Å². The second kappa shape index (κ2) is 8.73. The van der Waals surface area contributed by atoms with Crippen LogP contribution in [0.3, 0.4) is 0 Å². The Morgan fingerprint density at radius 3 is 2.72 bits per heavy atom. The Hall–Kier alpha value is -2.74. The van der Waals surface area contributed by atoms with E-state index in [2.05, 4.69) is 20.4 Å². The third kappa shape index (κ3) is 4.82. The van der Waals surface area contributed by atoms with Crippen molar-refractivity contribution in [2.45, 2.75) is 38.5 Å². The van der Waals surface area contributed by atoms with Gasteiger partial charge in [0.05, 0.1) is 12.1 Å². The zero-order valence-corrected chi connectivity index (χ0v) is 16.8. The van der Waals surface area contributed by atoms with E-state index in [1.807, 2.05) is 17.0 Å². The van der Waals surface area contributed by atoms with Crippen LogP contribution in [-0.2, 0) is 4.79 Å². The number of nitrogens with one attached hydrogen (secondary N) is 1. The van der Waals surface area contributed by atoms with Crippen LogP contribution in [0.15, 0.2) is 28.9 Å². The number of amides is 2. The van der Waals surface area contributed by atoms with E-state index in [0.717, 1.165) is 57.6 Å². The Bertz CT molecular complexity index is 857. The number of piperidine rings is 1. The fraction of sp³-hybridized carbons (Fsp3) is 0.524. The molecule has 0 bridgehead atoms. The fourth-order valence-corrected chi connectivity index (χ4v) is 4.13. The number of carbonyl (C=O) groups is 2. The van der Waals surface area contributed by atoms with E-state index in [-0.39, 0.29) is 17.7 Å². The molecule has 4 rings (SSSR count). The molecule has 2 amide bonds. The first kappa shape index (κ1) is 19.6. The highest BCUT2D eigenvalue weighted by Crippen LogP contribution is 2.26. The van der Waals surface area contributed by atoms with E-state index in [0.29, 0.717) is 23.7 Å². The topological polar surface area (TPSA) is 91.6 Å². The molecule has 0 radical (unpaired) electrons. The highest BCUT2D eigenvalue weighted by molar-refractivity contribution is 5.94. The molecule has 2 fully saturated rings. The molecular formula is C21H27N5O3. The summed E-state index contributed by atoms with van der Waals surface area (Å²) in [5, 5.41) is 6.56. The smallest absolute Gasteiger partial charge is 0.255 e. The van der Waals surface area contributed by atoms with Gasteiger partial charge in [0.25, 0.3) is 5.91 Å². The maximum atomic E-state index is 12.5. The Balaban J connectivity index is 1.33. The molecule has 1 N–H and O–H groups in total. The van der Waals surface area contributed by atoms with Crippen LogP contribution in [-0.4, -0.2) is 64.5 Å². The molecule has 0 saturated carbocycles. The Labute approximate surface area is 170 Å². The molecule has 154 valence electrons. The van der Waals surface area contributed by atoms with Gasteiger partial charge in [0.1, 0.15) is 5.76 Å². The summed E-state index contributed by atoms with van der Waals surface area (Å²) in [6.45, 7) is 5.44. The highest BCUT2D eigenvalue weighted by atomic mass is 16.5. The van der Waals surface area contributed by atoms with Crippen LogP contribution in [0.1, 0.15) is 53.4 Å². The monoisotopic (exact) mass is 397 g/mol. The Kier molecular flexibility index (Phi) is 5.89. The molecule has 29 heavy (non-hydrogen) atoms. The number of aryl methyl sites for hydroxylation is 1. The van der Waals surface area contributed by atoms with Gasteiger partial charge in [-0.05, 0) is 51.3 Å². The van der Waals surface area contributed by atoms with Crippen LogP contribution >= 0.6 is 0 Å². The van der Waals surface area contributed by atoms with E-state index < -0.39 is 0 Å². The normalized spacial score (nSPS) is 20.0. The van der Waals surface area contributed by atoms with Gasteiger partial charge in [-0.2, -0.15) is 0 Å². The number of hydrogen-bond acceptors (Lipinski definition) is 6. The second-order valence-corrected chi connectivity index (χ2v) is 7.92. The van der Waals surface area contributed by atoms with E-state index >= 15 is 0 Å². The van der Waals surface area contributed by atoms with E-state index in [4.69, 9.17) is 4.52 Å². The van der Waals surface area contributed by atoms with Gasteiger partial charge in [0.15, 0.2) is 5.82 Å². The molecule has 8 nitrogen and oxygen atoms in total. The van der Waals surface area contributed by atoms with Crippen molar-refractivity contribution in [3.8, 4) is 0 Å². The van der Waals surface area contributed by atoms with Crippen LogP contribution in [0.5, 0.6) is 0 Å². The molecule has 2 aromatic heterocycles. The second-order valence-electron chi connectivity index (χ2n) is 7.92. The first-order chi connectivity index (χ1) is 14.1. The van der Waals surface area contributed by atoms with Crippen molar-refractivity contribution in [3.63, 3.8) is 0 Å². The summed E-state index contributed by atoms with van der Waals surface area (Å²) >= 11 is 0. The molecule has 2 aliphatic rings. The van der Waals surface area contributed by atoms with Crippen molar-refractivity contribution < 1.29 is 14.1 Å². The maximum Gasteiger partial charge on any atom is 0.255 e. The third-order valence-corrected chi connectivity index (χ3v) is 5.61. The molecule has 0 spiro atoms. The van der Waals surface area contributed by atoms with Crippen molar-refractivity contribution in [2.24, 2.45) is 0 Å². The minimum absolute atomic E-state index is 0.0755. The zero-order chi connectivity index (χ0) is 20.2. The summed E-state index contributed by atoms with van der Waals surface area (Å²) in [6.07, 6.45) is 5.91. The quantitative estimate of drug-likeness (QED) is 0.833. The number of aromatic nitrogens is 2. The van der Waals surface area contributed by atoms with E-state index in [1.54, 1.807) is 19.2 Å². The van der Waals surface area contributed by atoms with Crippen LogP contribution in [0.4, 0.5) is 5.82 Å². The number of nitrogens with zero attached hydrogens (tertiary/aromatic N) is 4. The largest absolute Gasteiger partial charge is 0.360 e. The molecule has 4 heterocycles. The number of anilines is 1. The summed E-state index contributed by atoms with van der Waals surface area (Å²) in [5.41, 5.74) is 1.64. The van der Waals surface area contributed by atoms with E-state index in [9.17, 15) is 9.59 Å². The number of carbonyl (C=O) groups excluding carboxylic acids is 2. The lowest BCUT2D eigenvalue weighted by Crippen LogP contribution is -2.40. The standard InChI is InChI=1S/C21H27N5O3/c1-15-11-19(24-29-15)23-20(27)14-25-8-4-5-17(13-25)18-7-6-16(12-22-18)21(28)26-9-2-3-10-26/h6-7,11-12,17H,2-5,8-10,13-14H2,1H3,(H,23,24,27). The van der Waals surface area contributed by atoms with Gasteiger partial charge in [-0.3, -0.25) is 19.5 Å². The lowest BCUT2D eigenvalue weighted by Gasteiger charge is -2.31. The summed E-state index contributed by atoms with van der Waals surface area (Å²) in [6, 6.07) is 5.56. The van der Waals surface area contributed by atoms with Gasteiger partial charge < -0.3 is 14.7 Å². The average molecular weight is 397 g/mol. The number of pyridine rings is 1. The number of rotatable bonds is 5. The van der Waals surface area contributed by atoms with Gasteiger partial charge in [-0.25, -0.2) is 0 Å². The fourth-order valence-electron chi connectivity index (χ4n) is 4.13. The minimum Gasteiger partial charge on any atom is -0.360 e. The van der Waals surface area contributed by atoms with Gasteiger partial charge in [-0.15, -0.1) is 0 Å². The van der Waals surface area contributed by atoms with Crippen molar-refractivity contribution in [2.75, 3.05) is 38.0 Å². The lowest BCUT2D eigenvalue weighted by atomic mass is 9.94. The Morgan fingerprint density at radius 1 is 1.21 bits per heavy atom. The predicted octanol–water partition coefficient (Wildman–Crippen LogP) is 2.43. The average Bonchev–Trinajstić information content (AvgIpc) is 3.40. The van der Waals surface area contributed by atoms with Crippen LogP contribution in [0.2, 0.25) is 0 Å². The molecule has 2 saturated heterocycles. The minimum atomic E-state index is -0.0986. The first-order valence-corrected chi connectivity index (χ1v) is 10.3. The molecule has 2 aromatic rings. The molecule has 1 atom stereocenters. The van der Waals surface area contributed by atoms with Crippen LogP contribution < -0.4 is 5.32 Å². The molecule has 0 aliphatic carbocycles. The molecule has 1 unspecified atom stereocenters. The Morgan fingerprint density at radius 2 is 2.03 bits per heavy atom. The van der Waals surface area contributed by atoms with Gasteiger partial charge in [0, 0.05) is 43.5 Å². The third-order valence-electron chi connectivity index (χ3n) is 5.61. The summed E-state index contributed by atoms with van der Waals surface area (Å²) < 4.78 is 4.98. The zero-order valence-electron chi connectivity index (χ0n) is 16.8. The van der Waals surface area contributed by atoms with Crippen LogP contribution in [0, 0.1) is 6.92 Å². The van der Waals surface area contributed by atoms with Crippen LogP contribution in [0.25, 0.3) is 0 Å². The van der Waals surface area contributed by atoms with Crippen molar-refractivity contribution in [3.05, 3.63) is 41.4 Å². The maximum absolute atomic E-state index is 12.5.